The van der Waals surface area contributed by atoms with Crippen molar-refractivity contribution in [3.05, 3.63) is 59.7 Å². The van der Waals surface area contributed by atoms with Crippen LogP contribution >= 0.6 is 0 Å². The molecule has 0 spiro atoms. The van der Waals surface area contributed by atoms with Gasteiger partial charge in [-0.25, -0.2) is 18.0 Å². The Morgan fingerprint density at radius 2 is 1.72 bits per heavy atom. The Morgan fingerprint density at radius 3 is 2.33 bits per heavy atom. The number of rotatable bonds is 4. The Labute approximate surface area is 204 Å². The first-order chi connectivity index (χ1) is 16.7. The van der Waals surface area contributed by atoms with Crippen LogP contribution in [0.1, 0.15) is 31.4 Å². The van der Waals surface area contributed by atoms with Gasteiger partial charge in [0.25, 0.3) is 0 Å². The number of hydrogen-bond acceptors (Lipinski definition) is 6. The zero-order valence-corrected chi connectivity index (χ0v) is 19.9. The van der Waals surface area contributed by atoms with Crippen LogP contribution in [0.4, 0.5) is 18.9 Å². The molecule has 2 aromatic carbocycles. The summed E-state index contributed by atoms with van der Waals surface area (Å²) in [7, 11) is -3.98. The molecule has 36 heavy (non-hydrogen) atoms. The van der Waals surface area contributed by atoms with E-state index in [1.165, 1.54) is 25.1 Å². The van der Waals surface area contributed by atoms with Gasteiger partial charge in [0, 0.05) is 0 Å². The summed E-state index contributed by atoms with van der Waals surface area (Å²) in [6.07, 6.45) is -4.78. The lowest BCUT2D eigenvalue weighted by Crippen LogP contribution is -2.56. The summed E-state index contributed by atoms with van der Waals surface area (Å²) in [5, 5.41) is 9.05. The highest BCUT2D eigenvalue weighted by Crippen LogP contribution is 2.61. The molecule has 0 radical (unpaired) electrons. The van der Waals surface area contributed by atoms with Gasteiger partial charge in [0.1, 0.15) is 0 Å². The van der Waals surface area contributed by atoms with Crippen LogP contribution in [0.2, 0.25) is 0 Å². The fourth-order valence-corrected chi connectivity index (χ4v) is 7.17. The molecule has 0 saturated carbocycles. The number of alkyl halides is 3. The third kappa shape index (κ3) is 3.37. The van der Waals surface area contributed by atoms with E-state index in [4.69, 9.17) is 10.00 Å². The molecule has 2 amide bonds. The van der Waals surface area contributed by atoms with Gasteiger partial charge >= 0.3 is 6.18 Å². The highest BCUT2D eigenvalue weighted by Gasteiger charge is 2.76. The molecular weight excluding hydrogens is 499 g/mol. The lowest BCUT2D eigenvalue weighted by Gasteiger charge is -2.35. The normalized spacial score (nSPS) is 31.6. The van der Waals surface area contributed by atoms with Gasteiger partial charge in [-0.15, -0.1) is 0 Å². The van der Waals surface area contributed by atoms with Gasteiger partial charge in [-0.05, 0) is 50.6 Å². The number of ether oxygens (including phenoxy) is 1. The zero-order valence-electron chi connectivity index (χ0n) is 19.0. The third-order valence-corrected chi connectivity index (χ3v) is 8.86. The van der Waals surface area contributed by atoms with E-state index in [-0.39, 0.29) is 17.0 Å². The number of carbonyl (C=O) groups excluding carboxylic acids is 2. The molecule has 5 atom stereocenters. The zero-order chi connectivity index (χ0) is 26.3. The summed E-state index contributed by atoms with van der Waals surface area (Å²) < 4.78 is 75.2. The van der Waals surface area contributed by atoms with E-state index in [2.05, 4.69) is 4.72 Å². The van der Waals surface area contributed by atoms with Crippen molar-refractivity contribution in [1.82, 2.24) is 4.72 Å². The second-order valence-corrected chi connectivity index (χ2v) is 11.3. The monoisotopic (exact) mass is 519 g/mol. The molecule has 5 rings (SSSR count). The Morgan fingerprint density at radius 1 is 1.08 bits per heavy atom. The van der Waals surface area contributed by atoms with Crippen LogP contribution in [-0.4, -0.2) is 37.5 Å². The molecule has 3 aliphatic rings. The predicted molar refractivity (Wildman–Crippen MR) is 119 cm³/mol. The van der Waals surface area contributed by atoms with Crippen molar-refractivity contribution in [3.63, 3.8) is 0 Å². The number of nitriles is 1. The first kappa shape index (κ1) is 24.4. The number of sulfonamides is 1. The molecule has 3 aliphatic heterocycles. The molecular formula is C24H20F3N3O5S. The number of amides is 2. The molecule has 188 valence electrons. The van der Waals surface area contributed by atoms with Gasteiger partial charge in [-0.1, -0.05) is 18.2 Å². The van der Waals surface area contributed by atoms with E-state index < -0.39 is 68.2 Å². The molecule has 0 aliphatic carbocycles. The van der Waals surface area contributed by atoms with Crippen molar-refractivity contribution in [1.29, 1.82) is 5.26 Å². The van der Waals surface area contributed by atoms with Gasteiger partial charge in [-0.2, -0.15) is 18.4 Å². The molecule has 0 unspecified atom stereocenters. The van der Waals surface area contributed by atoms with E-state index in [0.29, 0.717) is 11.0 Å². The molecule has 3 fully saturated rings. The maximum Gasteiger partial charge on any atom is 0.417 e. The summed E-state index contributed by atoms with van der Waals surface area (Å²) >= 11 is 0. The van der Waals surface area contributed by atoms with Crippen LogP contribution in [0.15, 0.2) is 53.4 Å². The van der Waals surface area contributed by atoms with Crippen LogP contribution < -0.4 is 9.62 Å². The predicted octanol–water partition coefficient (Wildman–Crippen LogP) is 2.98. The number of halogens is 3. The number of anilines is 1. The minimum atomic E-state index is -4.87. The van der Waals surface area contributed by atoms with E-state index in [0.717, 1.165) is 12.1 Å². The fourth-order valence-electron chi connectivity index (χ4n) is 5.83. The molecule has 0 aromatic heterocycles. The molecule has 3 saturated heterocycles. The average molecular weight is 520 g/mol. The van der Waals surface area contributed by atoms with Crippen LogP contribution in [0.3, 0.4) is 0 Å². The van der Waals surface area contributed by atoms with Crippen LogP contribution in [0, 0.1) is 23.2 Å². The summed E-state index contributed by atoms with van der Waals surface area (Å²) in [6.45, 7) is 3.14. The van der Waals surface area contributed by atoms with Gasteiger partial charge in [0.15, 0.2) is 0 Å². The minimum absolute atomic E-state index is 0.0193. The molecule has 3 heterocycles. The van der Waals surface area contributed by atoms with Crippen LogP contribution in [-0.2, 0) is 30.5 Å². The van der Waals surface area contributed by atoms with E-state index in [1.807, 2.05) is 0 Å². The second-order valence-electron chi connectivity index (χ2n) is 9.60. The van der Waals surface area contributed by atoms with Crippen molar-refractivity contribution >= 4 is 27.5 Å². The van der Waals surface area contributed by atoms with Gasteiger partial charge in [0.05, 0.1) is 56.9 Å². The third-order valence-electron chi connectivity index (χ3n) is 7.37. The fraction of sp³-hybridized carbons (Fsp3) is 0.375. The SMILES string of the molecule is C[C@@]12O[C@](C)(C[C@@H]1NS(=O)(=O)c1ccccc1)[C@@H]1C(=O)N(c3ccc(C#N)c(C(F)(F)F)c3)C(=O)[C@@H]12. The van der Waals surface area contributed by atoms with Crippen molar-refractivity contribution in [2.24, 2.45) is 11.8 Å². The number of benzene rings is 2. The largest absolute Gasteiger partial charge is 0.417 e. The first-order valence-corrected chi connectivity index (χ1v) is 12.5. The Kier molecular flexibility index (Phi) is 5.17. The number of carbonyl (C=O) groups is 2. The van der Waals surface area contributed by atoms with Crippen LogP contribution in [0.5, 0.6) is 0 Å². The number of nitrogens with zero attached hydrogens (tertiary/aromatic N) is 2. The van der Waals surface area contributed by atoms with E-state index in [9.17, 15) is 31.2 Å². The molecule has 8 nitrogen and oxygen atoms in total. The topological polar surface area (TPSA) is 117 Å². The standard InChI is InChI=1S/C24H20F3N3O5S/c1-22-11-17(29-36(33,34)15-6-4-3-5-7-15)23(2,35-22)19-18(22)20(31)30(21(19)32)14-9-8-13(12-28)16(10-14)24(25,26)27/h3-10,17-19,29H,11H2,1-2H3/t17-,18-,19+,22+,23+/m0/s1. The Hall–Kier alpha value is -3.27. The Bertz CT molecular complexity index is 1440. The molecule has 2 bridgehead atoms. The number of fused-ring (bicyclic) bond motifs is 5. The number of hydrogen-bond donors (Lipinski definition) is 1. The van der Waals surface area contributed by atoms with E-state index in [1.54, 1.807) is 25.1 Å². The minimum Gasteiger partial charge on any atom is -0.366 e. The van der Waals surface area contributed by atoms with Crippen molar-refractivity contribution in [2.75, 3.05) is 4.90 Å². The van der Waals surface area contributed by atoms with Crippen molar-refractivity contribution in [2.45, 2.75) is 48.6 Å². The van der Waals surface area contributed by atoms with Crippen molar-refractivity contribution < 1.29 is 35.9 Å². The lowest BCUT2D eigenvalue weighted by atomic mass is 9.67. The van der Waals surface area contributed by atoms with Gasteiger partial charge in [-0.3, -0.25) is 9.59 Å². The Balaban J connectivity index is 1.51. The van der Waals surface area contributed by atoms with Gasteiger partial charge in [0.2, 0.25) is 21.8 Å². The quantitative estimate of drug-likeness (QED) is 0.621. The molecule has 2 aromatic rings. The van der Waals surface area contributed by atoms with Crippen LogP contribution in [0.25, 0.3) is 0 Å². The average Bonchev–Trinajstić information content (AvgIpc) is 3.33. The molecule has 12 heteroatoms. The highest BCUT2D eigenvalue weighted by atomic mass is 32.2. The maximum atomic E-state index is 13.5. The maximum absolute atomic E-state index is 13.5. The number of nitrogens with one attached hydrogen (secondary N) is 1. The summed E-state index contributed by atoms with van der Waals surface area (Å²) in [5.41, 5.74) is -4.83. The van der Waals surface area contributed by atoms with Gasteiger partial charge < -0.3 is 4.74 Å². The lowest BCUT2D eigenvalue weighted by molar-refractivity contribution is -0.138. The first-order valence-electron chi connectivity index (χ1n) is 11.0. The van der Waals surface area contributed by atoms with Crippen molar-refractivity contribution in [3.8, 4) is 6.07 Å². The summed E-state index contributed by atoms with van der Waals surface area (Å²) in [4.78, 5) is 27.6. The summed E-state index contributed by atoms with van der Waals surface area (Å²) in [6, 6.07) is 10.9. The highest BCUT2D eigenvalue weighted by molar-refractivity contribution is 7.89. The number of imide groups is 1. The van der Waals surface area contributed by atoms with E-state index >= 15 is 0 Å². The second kappa shape index (κ2) is 7.61. The molecule has 1 N–H and O–H groups in total. The smallest absolute Gasteiger partial charge is 0.366 e. The summed E-state index contributed by atoms with van der Waals surface area (Å²) in [5.74, 6) is -3.62.